The standard InChI is InChI=1S/C16H14Cl3NO/c17-12-7-14(19)16(8-13(12)18)20-15-3-1-2-9-4-5-10(21)6-11(9)15/h4-8,15,20-21H,1-3H2. The Bertz CT molecular complexity index is 687. The Hall–Kier alpha value is -1.09. The van der Waals surface area contributed by atoms with E-state index >= 15 is 0 Å². The normalized spacial score (nSPS) is 17.4. The highest BCUT2D eigenvalue weighted by atomic mass is 35.5. The molecule has 0 aliphatic heterocycles. The van der Waals surface area contributed by atoms with Gasteiger partial charge >= 0.3 is 0 Å². The summed E-state index contributed by atoms with van der Waals surface area (Å²) in [5.74, 6) is 0.280. The largest absolute Gasteiger partial charge is 0.508 e. The summed E-state index contributed by atoms with van der Waals surface area (Å²) in [6.07, 6.45) is 3.10. The molecule has 0 spiro atoms. The van der Waals surface area contributed by atoms with E-state index in [2.05, 4.69) is 5.32 Å². The molecule has 0 bridgehead atoms. The highest BCUT2D eigenvalue weighted by Gasteiger charge is 2.21. The fourth-order valence-electron chi connectivity index (χ4n) is 2.76. The van der Waals surface area contributed by atoms with Crippen LogP contribution >= 0.6 is 34.8 Å². The molecule has 2 aromatic carbocycles. The monoisotopic (exact) mass is 341 g/mol. The number of benzene rings is 2. The Labute approximate surface area is 138 Å². The number of aryl methyl sites for hydroxylation is 1. The van der Waals surface area contributed by atoms with E-state index in [0.29, 0.717) is 15.1 Å². The van der Waals surface area contributed by atoms with E-state index in [1.54, 1.807) is 18.2 Å². The number of rotatable bonds is 2. The molecule has 110 valence electrons. The molecule has 2 aromatic rings. The zero-order valence-corrected chi connectivity index (χ0v) is 13.4. The molecular weight excluding hydrogens is 329 g/mol. The van der Waals surface area contributed by atoms with Crippen molar-refractivity contribution in [2.24, 2.45) is 0 Å². The van der Waals surface area contributed by atoms with E-state index in [4.69, 9.17) is 34.8 Å². The number of nitrogens with one attached hydrogen (secondary N) is 1. The highest BCUT2D eigenvalue weighted by molar-refractivity contribution is 6.44. The van der Waals surface area contributed by atoms with Gasteiger partial charge in [0.05, 0.1) is 26.8 Å². The summed E-state index contributed by atoms with van der Waals surface area (Å²) in [5.41, 5.74) is 3.13. The van der Waals surface area contributed by atoms with Crippen LogP contribution in [-0.4, -0.2) is 5.11 Å². The van der Waals surface area contributed by atoms with Gasteiger partial charge in [-0.15, -0.1) is 0 Å². The molecule has 5 heteroatoms. The van der Waals surface area contributed by atoms with Gasteiger partial charge in [-0.05, 0) is 54.7 Å². The molecule has 2 nitrogen and oxygen atoms in total. The first-order chi connectivity index (χ1) is 10.0. The summed E-state index contributed by atoms with van der Waals surface area (Å²) in [5, 5.41) is 14.6. The van der Waals surface area contributed by atoms with Crippen molar-refractivity contribution in [2.75, 3.05) is 5.32 Å². The lowest BCUT2D eigenvalue weighted by molar-refractivity contribution is 0.471. The number of phenolic OH excluding ortho intramolecular Hbond substituents is 1. The van der Waals surface area contributed by atoms with Crippen molar-refractivity contribution in [1.29, 1.82) is 0 Å². The molecule has 1 unspecified atom stereocenters. The Kier molecular flexibility index (Phi) is 4.21. The second-order valence-electron chi connectivity index (χ2n) is 5.22. The third kappa shape index (κ3) is 3.08. The van der Waals surface area contributed by atoms with E-state index in [9.17, 15) is 5.11 Å². The van der Waals surface area contributed by atoms with Crippen LogP contribution in [0.2, 0.25) is 15.1 Å². The molecule has 0 aromatic heterocycles. The molecule has 0 fully saturated rings. The Morgan fingerprint density at radius 1 is 1.00 bits per heavy atom. The lowest BCUT2D eigenvalue weighted by Crippen LogP contribution is -2.17. The summed E-state index contributed by atoms with van der Waals surface area (Å²) in [6.45, 7) is 0. The number of anilines is 1. The van der Waals surface area contributed by atoms with Crippen LogP contribution in [0.4, 0.5) is 5.69 Å². The molecule has 1 aliphatic rings. The maximum Gasteiger partial charge on any atom is 0.115 e. The first-order valence-corrected chi connectivity index (χ1v) is 7.91. The second-order valence-corrected chi connectivity index (χ2v) is 6.44. The fraction of sp³-hybridized carbons (Fsp3) is 0.250. The van der Waals surface area contributed by atoms with Gasteiger partial charge < -0.3 is 10.4 Å². The van der Waals surface area contributed by atoms with Gasteiger partial charge in [-0.3, -0.25) is 0 Å². The number of fused-ring (bicyclic) bond motifs is 1. The molecule has 21 heavy (non-hydrogen) atoms. The van der Waals surface area contributed by atoms with Crippen molar-refractivity contribution >= 4 is 40.5 Å². The molecule has 1 atom stereocenters. The maximum absolute atomic E-state index is 9.71. The average molecular weight is 343 g/mol. The summed E-state index contributed by atoms with van der Waals surface area (Å²) < 4.78 is 0. The van der Waals surface area contributed by atoms with Gasteiger partial charge in [-0.2, -0.15) is 0 Å². The van der Waals surface area contributed by atoms with E-state index < -0.39 is 0 Å². The second kappa shape index (κ2) is 5.96. The SMILES string of the molecule is Oc1ccc2c(c1)C(Nc1cc(Cl)c(Cl)cc1Cl)CCC2. The molecule has 2 N–H and O–H groups in total. The smallest absolute Gasteiger partial charge is 0.115 e. The lowest BCUT2D eigenvalue weighted by Gasteiger charge is -2.28. The van der Waals surface area contributed by atoms with Crippen LogP contribution in [-0.2, 0) is 6.42 Å². The first-order valence-electron chi connectivity index (χ1n) is 6.77. The predicted octanol–water partition coefficient (Wildman–Crippen LogP) is 5.84. The van der Waals surface area contributed by atoms with Crippen molar-refractivity contribution in [3.63, 3.8) is 0 Å². The molecule has 1 aliphatic carbocycles. The topological polar surface area (TPSA) is 32.3 Å². The van der Waals surface area contributed by atoms with Gasteiger partial charge in [0.2, 0.25) is 0 Å². The van der Waals surface area contributed by atoms with Crippen LogP contribution in [0.15, 0.2) is 30.3 Å². The number of hydrogen-bond acceptors (Lipinski definition) is 2. The molecule has 0 saturated heterocycles. The Balaban J connectivity index is 1.93. The minimum absolute atomic E-state index is 0.107. The fourth-order valence-corrected chi connectivity index (χ4v) is 3.36. The Morgan fingerprint density at radius 3 is 2.57 bits per heavy atom. The van der Waals surface area contributed by atoms with Crippen LogP contribution in [0.3, 0.4) is 0 Å². The van der Waals surface area contributed by atoms with E-state index in [0.717, 1.165) is 30.5 Å². The molecule has 0 heterocycles. The van der Waals surface area contributed by atoms with Gasteiger partial charge in [0.1, 0.15) is 5.75 Å². The molecule has 0 amide bonds. The van der Waals surface area contributed by atoms with Gasteiger partial charge in [0.25, 0.3) is 0 Å². The number of aromatic hydroxyl groups is 1. The van der Waals surface area contributed by atoms with E-state index in [1.165, 1.54) is 5.56 Å². The van der Waals surface area contributed by atoms with Crippen LogP contribution in [0.5, 0.6) is 5.75 Å². The third-order valence-corrected chi connectivity index (χ3v) is 4.82. The van der Waals surface area contributed by atoms with Crippen LogP contribution in [0, 0.1) is 0 Å². The first kappa shape index (κ1) is 14.8. The van der Waals surface area contributed by atoms with Gasteiger partial charge in [0, 0.05) is 0 Å². The number of halogens is 3. The molecule has 0 saturated carbocycles. The van der Waals surface area contributed by atoms with Crippen LogP contribution in [0.1, 0.15) is 30.0 Å². The quantitative estimate of drug-likeness (QED) is 0.672. The van der Waals surface area contributed by atoms with E-state index in [1.807, 2.05) is 12.1 Å². The number of phenols is 1. The Morgan fingerprint density at radius 2 is 1.76 bits per heavy atom. The summed E-state index contributed by atoms with van der Waals surface area (Å²) in [7, 11) is 0. The molecule has 0 radical (unpaired) electrons. The van der Waals surface area contributed by atoms with Gasteiger partial charge in [0.15, 0.2) is 0 Å². The average Bonchev–Trinajstić information content (AvgIpc) is 2.45. The van der Waals surface area contributed by atoms with E-state index in [-0.39, 0.29) is 11.8 Å². The minimum atomic E-state index is 0.107. The van der Waals surface area contributed by atoms with Crippen molar-refractivity contribution < 1.29 is 5.11 Å². The molecule has 3 rings (SSSR count). The van der Waals surface area contributed by atoms with Crippen LogP contribution < -0.4 is 5.32 Å². The number of hydrogen-bond donors (Lipinski definition) is 2. The van der Waals surface area contributed by atoms with Crippen molar-refractivity contribution in [3.05, 3.63) is 56.5 Å². The van der Waals surface area contributed by atoms with Crippen molar-refractivity contribution in [2.45, 2.75) is 25.3 Å². The summed E-state index contributed by atoms with van der Waals surface area (Å²) in [6, 6.07) is 9.01. The third-order valence-electron chi connectivity index (χ3n) is 3.78. The zero-order valence-electron chi connectivity index (χ0n) is 11.2. The zero-order chi connectivity index (χ0) is 15.0. The van der Waals surface area contributed by atoms with Crippen molar-refractivity contribution in [3.8, 4) is 5.75 Å². The molecular formula is C16H14Cl3NO. The van der Waals surface area contributed by atoms with Crippen LogP contribution in [0.25, 0.3) is 0 Å². The summed E-state index contributed by atoms with van der Waals surface area (Å²) in [4.78, 5) is 0. The summed E-state index contributed by atoms with van der Waals surface area (Å²) >= 11 is 18.2. The van der Waals surface area contributed by atoms with Gasteiger partial charge in [-0.25, -0.2) is 0 Å². The lowest BCUT2D eigenvalue weighted by atomic mass is 9.87. The van der Waals surface area contributed by atoms with Crippen molar-refractivity contribution in [1.82, 2.24) is 0 Å². The minimum Gasteiger partial charge on any atom is -0.508 e. The maximum atomic E-state index is 9.71. The predicted molar refractivity (Wildman–Crippen MR) is 88.9 cm³/mol. The van der Waals surface area contributed by atoms with Gasteiger partial charge in [-0.1, -0.05) is 40.9 Å². The highest BCUT2D eigenvalue weighted by Crippen LogP contribution is 2.38.